The molecule has 1 saturated carbocycles. The topological polar surface area (TPSA) is 75.1 Å². The van der Waals surface area contributed by atoms with Crippen LogP contribution in [0.1, 0.15) is 37.2 Å². The molecule has 5 nitrogen and oxygen atoms in total. The number of carboxylic acid groups (broad SMARTS) is 1. The Bertz CT molecular complexity index is 436. The van der Waals surface area contributed by atoms with Crippen LogP contribution in [-0.4, -0.2) is 27.6 Å². The average molecular weight is 263 g/mol. The molecule has 0 aliphatic heterocycles. The second-order valence-electron chi connectivity index (χ2n) is 5.22. The Morgan fingerprint density at radius 1 is 1.47 bits per heavy atom. The standard InChI is InChI=1S/C14H21N3O2/c1-10-16-7-6-12(17-10)9-15-8-11-4-2-3-5-13(11)14(18)19/h6-7,11,13,15H,2-5,8-9H2,1H3,(H,18,19). The van der Waals surface area contributed by atoms with Crippen LogP contribution in [0.2, 0.25) is 0 Å². The molecular formula is C14H21N3O2. The zero-order valence-electron chi connectivity index (χ0n) is 11.3. The Morgan fingerprint density at radius 3 is 3.00 bits per heavy atom. The number of nitrogens with one attached hydrogen (secondary N) is 1. The summed E-state index contributed by atoms with van der Waals surface area (Å²) in [5.74, 6) is 0.173. The van der Waals surface area contributed by atoms with Gasteiger partial charge in [-0.2, -0.15) is 0 Å². The van der Waals surface area contributed by atoms with Crippen LogP contribution >= 0.6 is 0 Å². The van der Waals surface area contributed by atoms with E-state index in [1.54, 1.807) is 6.20 Å². The smallest absolute Gasteiger partial charge is 0.306 e. The second-order valence-corrected chi connectivity index (χ2v) is 5.22. The highest BCUT2D eigenvalue weighted by molar-refractivity contribution is 5.70. The molecule has 2 rings (SSSR count). The summed E-state index contributed by atoms with van der Waals surface area (Å²) >= 11 is 0. The minimum atomic E-state index is -0.649. The van der Waals surface area contributed by atoms with Crippen LogP contribution in [0.15, 0.2) is 12.3 Å². The normalized spacial score (nSPS) is 23.2. The fourth-order valence-electron chi connectivity index (χ4n) is 2.77. The summed E-state index contributed by atoms with van der Waals surface area (Å²) in [4.78, 5) is 19.6. The van der Waals surface area contributed by atoms with Gasteiger partial charge < -0.3 is 10.4 Å². The third kappa shape index (κ3) is 3.99. The maximum atomic E-state index is 11.2. The number of rotatable bonds is 5. The van der Waals surface area contributed by atoms with Crippen LogP contribution in [0.4, 0.5) is 0 Å². The predicted molar refractivity (Wildman–Crippen MR) is 71.6 cm³/mol. The average Bonchev–Trinajstić information content (AvgIpc) is 2.39. The molecule has 1 aromatic heterocycles. The number of hydrogen-bond acceptors (Lipinski definition) is 4. The van der Waals surface area contributed by atoms with E-state index in [0.29, 0.717) is 6.54 Å². The molecule has 1 heterocycles. The van der Waals surface area contributed by atoms with Crippen molar-refractivity contribution in [3.8, 4) is 0 Å². The first kappa shape index (κ1) is 13.9. The molecule has 2 N–H and O–H groups in total. The van der Waals surface area contributed by atoms with Gasteiger partial charge in [0.15, 0.2) is 0 Å². The van der Waals surface area contributed by atoms with E-state index in [4.69, 9.17) is 0 Å². The Hall–Kier alpha value is -1.49. The first-order chi connectivity index (χ1) is 9.16. The lowest BCUT2D eigenvalue weighted by molar-refractivity contribution is -0.144. The van der Waals surface area contributed by atoms with E-state index in [9.17, 15) is 9.90 Å². The fraction of sp³-hybridized carbons (Fsp3) is 0.643. The van der Waals surface area contributed by atoms with Crippen LogP contribution in [-0.2, 0) is 11.3 Å². The molecule has 2 unspecified atom stereocenters. The minimum Gasteiger partial charge on any atom is -0.481 e. The summed E-state index contributed by atoms with van der Waals surface area (Å²) in [7, 11) is 0. The molecule has 1 aliphatic rings. The highest BCUT2D eigenvalue weighted by atomic mass is 16.4. The monoisotopic (exact) mass is 263 g/mol. The zero-order chi connectivity index (χ0) is 13.7. The molecule has 0 spiro atoms. The second kappa shape index (κ2) is 6.61. The number of nitrogens with zero attached hydrogens (tertiary/aromatic N) is 2. The van der Waals surface area contributed by atoms with Gasteiger partial charge in [0, 0.05) is 12.7 Å². The maximum Gasteiger partial charge on any atom is 0.306 e. The molecular weight excluding hydrogens is 242 g/mol. The third-order valence-corrected chi connectivity index (χ3v) is 3.77. The number of aryl methyl sites for hydroxylation is 1. The first-order valence-electron chi connectivity index (χ1n) is 6.89. The van der Waals surface area contributed by atoms with Crippen molar-refractivity contribution in [2.24, 2.45) is 11.8 Å². The number of aliphatic carboxylic acids is 1. The van der Waals surface area contributed by atoms with Gasteiger partial charge in [-0.1, -0.05) is 12.8 Å². The van der Waals surface area contributed by atoms with Crippen LogP contribution in [0, 0.1) is 18.8 Å². The highest BCUT2D eigenvalue weighted by Gasteiger charge is 2.30. The summed E-state index contributed by atoms with van der Waals surface area (Å²) in [6.07, 6.45) is 5.75. The summed E-state index contributed by atoms with van der Waals surface area (Å²) in [5.41, 5.74) is 0.954. The van der Waals surface area contributed by atoms with Gasteiger partial charge in [-0.25, -0.2) is 9.97 Å². The molecule has 0 bridgehead atoms. The van der Waals surface area contributed by atoms with Crippen LogP contribution in [0.3, 0.4) is 0 Å². The van der Waals surface area contributed by atoms with E-state index in [1.165, 1.54) is 0 Å². The summed E-state index contributed by atoms with van der Waals surface area (Å²) in [5, 5.41) is 12.5. The summed E-state index contributed by atoms with van der Waals surface area (Å²) in [6, 6.07) is 1.88. The van der Waals surface area contributed by atoms with Gasteiger partial charge in [-0.3, -0.25) is 4.79 Å². The molecule has 0 aromatic carbocycles. The van der Waals surface area contributed by atoms with E-state index in [2.05, 4.69) is 15.3 Å². The van der Waals surface area contributed by atoms with E-state index in [1.807, 2.05) is 13.0 Å². The van der Waals surface area contributed by atoms with E-state index < -0.39 is 5.97 Å². The SMILES string of the molecule is Cc1nccc(CNCC2CCCCC2C(=O)O)n1. The van der Waals surface area contributed by atoms with Crippen LogP contribution in [0.25, 0.3) is 0 Å². The lowest BCUT2D eigenvalue weighted by atomic mass is 9.79. The van der Waals surface area contributed by atoms with Crippen molar-refractivity contribution in [3.05, 3.63) is 23.8 Å². The van der Waals surface area contributed by atoms with E-state index >= 15 is 0 Å². The molecule has 2 atom stereocenters. The van der Waals surface area contributed by atoms with Gasteiger partial charge in [0.2, 0.25) is 0 Å². The van der Waals surface area contributed by atoms with Crippen molar-refractivity contribution in [1.29, 1.82) is 0 Å². The van der Waals surface area contributed by atoms with Crippen molar-refractivity contribution in [2.45, 2.75) is 39.2 Å². The lowest BCUT2D eigenvalue weighted by Crippen LogP contribution is -2.34. The number of carboxylic acids is 1. The fourth-order valence-corrected chi connectivity index (χ4v) is 2.77. The van der Waals surface area contributed by atoms with Crippen molar-refractivity contribution in [3.63, 3.8) is 0 Å². The van der Waals surface area contributed by atoms with E-state index in [-0.39, 0.29) is 11.8 Å². The Labute approximate surface area is 113 Å². The number of aromatic nitrogens is 2. The van der Waals surface area contributed by atoms with Crippen molar-refractivity contribution in [1.82, 2.24) is 15.3 Å². The van der Waals surface area contributed by atoms with Gasteiger partial charge >= 0.3 is 5.97 Å². The van der Waals surface area contributed by atoms with Gasteiger partial charge in [0.25, 0.3) is 0 Å². The molecule has 0 amide bonds. The molecule has 5 heteroatoms. The maximum absolute atomic E-state index is 11.2. The summed E-state index contributed by atoms with van der Waals surface area (Å²) < 4.78 is 0. The van der Waals surface area contributed by atoms with Gasteiger partial charge in [0.1, 0.15) is 5.82 Å². The summed E-state index contributed by atoms with van der Waals surface area (Å²) in [6.45, 7) is 3.29. The molecule has 1 aromatic rings. The molecule has 1 fully saturated rings. The Balaban J connectivity index is 1.82. The van der Waals surface area contributed by atoms with Gasteiger partial charge in [0.05, 0.1) is 11.6 Å². The minimum absolute atomic E-state index is 0.187. The highest BCUT2D eigenvalue weighted by Crippen LogP contribution is 2.29. The lowest BCUT2D eigenvalue weighted by Gasteiger charge is -2.28. The van der Waals surface area contributed by atoms with Gasteiger partial charge in [-0.05, 0) is 38.3 Å². The predicted octanol–water partition coefficient (Wildman–Crippen LogP) is 1.77. The molecule has 19 heavy (non-hydrogen) atoms. The molecule has 104 valence electrons. The molecule has 0 saturated heterocycles. The van der Waals surface area contributed by atoms with Crippen LogP contribution in [0.5, 0.6) is 0 Å². The largest absolute Gasteiger partial charge is 0.481 e. The Morgan fingerprint density at radius 2 is 2.26 bits per heavy atom. The van der Waals surface area contributed by atoms with Crippen molar-refractivity contribution < 1.29 is 9.90 Å². The van der Waals surface area contributed by atoms with Gasteiger partial charge in [-0.15, -0.1) is 0 Å². The Kier molecular flexibility index (Phi) is 4.85. The number of hydrogen-bond donors (Lipinski definition) is 2. The van der Waals surface area contributed by atoms with E-state index in [0.717, 1.165) is 43.7 Å². The third-order valence-electron chi connectivity index (χ3n) is 3.77. The number of carbonyl (C=O) groups is 1. The zero-order valence-corrected chi connectivity index (χ0v) is 11.3. The van der Waals surface area contributed by atoms with Crippen LogP contribution < -0.4 is 5.32 Å². The molecule has 1 aliphatic carbocycles. The van der Waals surface area contributed by atoms with Crippen molar-refractivity contribution in [2.75, 3.05) is 6.54 Å². The first-order valence-corrected chi connectivity index (χ1v) is 6.89. The quantitative estimate of drug-likeness (QED) is 0.846. The molecule has 0 radical (unpaired) electrons. The van der Waals surface area contributed by atoms with Crippen molar-refractivity contribution >= 4 is 5.97 Å².